The zero-order valence-corrected chi connectivity index (χ0v) is 17.0. The van der Waals surface area contributed by atoms with Gasteiger partial charge in [0.05, 0.1) is 25.8 Å². The molecule has 1 aromatic carbocycles. The molecule has 0 saturated heterocycles. The highest BCUT2D eigenvalue weighted by Gasteiger charge is 2.51. The monoisotopic (exact) mass is 430 g/mol. The molecule has 1 fully saturated rings. The lowest BCUT2D eigenvalue weighted by Crippen LogP contribution is -2.44. The van der Waals surface area contributed by atoms with Crippen molar-refractivity contribution >= 4 is 23.4 Å². The zero-order chi connectivity index (χ0) is 22.1. The van der Waals surface area contributed by atoms with E-state index in [9.17, 15) is 22.8 Å². The molecule has 1 amide bonds. The van der Waals surface area contributed by atoms with Crippen LogP contribution in [0.5, 0.6) is 5.75 Å². The van der Waals surface area contributed by atoms with E-state index < -0.39 is 17.9 Å². The van der Waals surface area contributed by atoms with E-state index in [1.54, 1.807) is 12.1 Å². The van der Waals surface area contributed by atoms with Gasteiger partial charge in [0.2, 0.25) is 5.60 Å². The van der Waals surface area contributed by atoms with E-state index in [1.165, 1.54) is 13.2 Å². The second-order valence-electron chi connectivity index (χ2n) is 8.05. The molecule has 2 aliphatic rings. The van der Waals surface area contributed by atoms with Crippen molar-refractivity contribution in [3.8, 4) is 5.75 Å². The molecule has 0 bridgehead atoms. The summed E-state index contributed by atoms with van der Waals surface area (Å²) in [5.41, 5.74) is -1.76. The number of benzene rings is 1. The number of fused-ring (bicyclic) bond motifs is 1. The largest absolute Gasteiger partial charge is 0.486 e. The number of hydrogen-bond donors (Lipinski definition) is 2. The molecule has 2 unspecified atom stereocenters. The molecule has 1 aliphatic carbocycles. The minimum atomic E-state index is -4.69. The number of carbonyl (C=O) groups is 2. The second-order valence-corrected chi connectivity index (χ2v) is 8.05. The summed E-state index contributed by atoms with van der Waals surface area (Å²) in [7, 11) is 1.36. The summed E-state index contributed by atoms with van der Waals surface area (Å²) >= 11 is 0. The Kier molecular flexibility index (Phi) is 6.05. The number of alkyl halides is 3. The Morgan fingerprint density at radius 3 is 2.60 bits per heavy atom. The first-order valence-electron chi connectivity index (χ1n) is 9.68. The van der Waals surface area contributed by atoms with Crippen molar-refractivity contribution in [3.63, 3.8) is 0 Å². The van der Waals surface area contributed by atoms with Gasteiger partial charge in [-0.05, 0) is 50.8 Å². The lowest BCUT2D eigenvalue weighted by Gasteiger charge is -2.33. The first kappa shape index (κ1) is 22.0. The van der Waals surface area contributed by atoms with Gasteiger partial charge in [0, 0.05) is 11.6 Å². The Bertz CT molecular complexity index is 808. The van der Waals surface area contributed by atoms with Crippen molar-refractivity contribution in [2.75, 3.05) is 24.3 Å². The summed E-state index contributed by atoms with van der Waals surface area (Å²) in [4.78, 5) is 23.6. The maximum atomic E-state index is 12.9. The van der Waals surface area contributed by atoms with E-state index in [4.69, 9.17) is 9.47 Å². The standard InChI is InChI=1S/C20H25F3N2O5/c1-19(2,20(21,22)23)30-18(27)25-12-6-7-15-14(8-12)24-10-16(29-15)13(11-4-5-11)9-17(26)28-3/h6-8,11,13,16,24H,4-5,9-10H2,1-3H3,(H,25,27). The molecule has 3 rings (SSSR count). The van der Waals surface area contributed by atoms with Gasteiger partial charge in [-0.15, -0.1) is 0 Å². The topological polar surface area (TPSA) is 85.9 Å². The number of nitrogens with one attached hydrogen (secondary N) is 2. The van der Waals surface area contributed by atoms with Gasteiger partial charge in [-0.25, -0.2) is 4.79 Å². The van der Waals surface area contributed by atoms with E-state index in [-0.39, 0.29) is 30.1 Å². The van der Waals surface area contributed by atoms with Crippen molar-refractivity contribution in [2.45, 2.75) is 51.0 Å². The molecule has 0 aromatic heterocycles. The summed E-state index contributed by atoms with van der Waals surface area (Å²) in [5.74, 6) is 0.720. The van der Waals surface area contributed by atoms with Crippen LogP contribution in [0.3, 0.4) is 0 Å². The van der Waals surface area contributed by atoms with Crippen LogP contribution in [0.1, 0.15) is 33.1 Å². The van der Waals surface area contributed by atoms with E-state index in [0.717, 1.165) is 26.7 Å². The van der Waals surface area contributed by atoms with Gasteiger partial charge in [0.15, 0.2) is 0 Å². The average molecular weight is 430 g/mol. The Labute approximate surface area is 172 Å². The molecule has 2 N–H and O–H groups in total. The lowest BCUT2D eigenvalue weighted by molar-refractivity contribution is -0.242. The maximum absolute atomic E-state index is 12.9. The van der Waals surface area contributed by atoms with Gasteiger partial charge in [-0.2, -0.15) is 13.2 Å². The number of anilines is 2. The molecule has 10 heteroatoms. The van der Waals surface area contributed by atoms with Gasteiger partial charge in [-0.3, -0.25) is 10.1 Å². The number of methoxy groups -OCH3 is 1. The van der Waals surface area contributed by atoms with E-state index in [1.807, 2.05) is 0 Å². The van der Waals surface area contributed by atoms with Crippen LogP contribution >= 0.6 is 0 Å². The number of halogens is 3. The first-order valence-corrected chi connectivity index (χ1v) is 9.68. The fourth-order valence-corrected chi connectivity index (χ4v) is 3.34. The van der Waals surface area contributed by atoms with Crippen LogP contribution in [0.15, 0.2) is 18.2 Å². The minimum Gasteiger partial charge on any atom is -0.486 e. The van der Waals surface area contributed by atoms with Gasteiger partial charge in [0.25, 0.3) is 0 Å². The summed E-state index contributed by atoms with van der Waals surface area (Å²) < 4.78 is 53.9. The van der Waals surface area contributed by atoms with E-state index >= 15 is 0 Å². The number of ether oxygens (including phenoxy) is 3. The lowest BCUT2D eigenvalue weighted by atomic mass is 9.92. The van der Waals surface area contributed by atoms with Gasteiger partial charge in [-0.1, -0.05) is 0 Å². The summed E-state index contributed by atoms with van der Waals surface area (Å²) in [6, 6.07) is 4.68. The predicted molar refractivity (Wildman–Crippen MR) is 102 cm³/mol. The van der Waals surface area contributed by atoms with Crippen molar-refractivity contribution in [1.29, 1.82) is 0 Å². The van der Waals surface area contributed by atoms with Crippen molar-refractivity contribution < 1.29 is 37.0 Å². The van der Waals surface area contributed by atoms with Crippen molar-refractivity contribution in [2.24, 2.45) is 11.8 Å². The first-order chi connectivity index (χ1) is 14.0. The molecular formula is C20H25F3N2O5. The third-order valence-corrected chi connectivity index (χ3v) is 5.36. The molecule has 7 nitrogen and oxygen atoms in total. The Hall–Kier alpha value is -2.65. The fourth-order valence-electron chi connectivity index (χ4n) is 3.34. The Balaban J connectivity index is 1.63. The number of carbonyl (C=O) groups excluding carboxylic acids is 2. The summed E-state index contributed by atoms with van der Waals surface area (Å²) in [6.45, 7) is 2.01. The van der Waals surface area contributed by atoms with Gasteiger partial charge < -0.3 is 19.5 Å². The predicted octanol–water partition coefficient (Wildman–Crippen LogP) is 4.34. The molecule has 1 saturated carbocycles. The quantitative estimate of drug-likeness (QED) is 0.653. The van der Waals surface area contributed by atoms with Crippen molar-refractivity contribution in [1.82, 2.24) is 0 Å². The summed E-state index contributed by atoms with van der Waals surface area (Å²) in [6.07, 6.45) is -3.73. The van der Waals surface area contributed by atoms with Crippen LogP contribution in [0.25, 0.3) is 0 Å². The zero-order valence-electron chi connectivity index (χ0n) is 17.0. The Morgan fingerprint density at radius 1 is 1.30 bits per heavy atom. The highest BCUT2D eigenvalue weighted by molar-refractivity contribution is 5.86. The van der Waals surface area contributed by atoms with Crippen LogP contribution < -0.4 is 15.4 Å². The van der Waals surface area contributed by atoms with Crippen LogP contribution in [-0.4, -0.2) is 43.6 Å². The number of hydrogen-bond acceptors (Lipinski definition) is 6. The molecular weight excluding hydrogens is 405 g/mol. The highest BCUT2D eigenvalue weighted by atomic mass is 19.4. The molecule has 1 aliphatic heterocycles. The molecule has 1 heterocycles. The fraction of sp³-hybridized carbons (Fsp3) is 0.600. The smallest absolute Gasteiger partial charge is 0.427 e. The number of esters is 1. The van der Waals surface area contributed by atoms with Crippen LogP contribution in [0.2, 0.25) is 0 Å². The number of amides is 1. The molecule has 0 radical (unpaired) electrons. The van der Waals surface area contributed by atoms with Gasteiger partial charge >= 0.3 is 18.2 Å². The third-order valence-electron chi connectivity index (χ3n) is 5.36. The molecule has 1 aromatic rings. The second kappa shape index (κ2) is 8.23. The normalized spacial score (nSPS) is 19.6. The Morgan fingerprint density at radius 2 is 2.00 bits per heavy atom. The van der Waals surface area contributed by atoms with E-state index in [0.29, 0.717) is 23.9 Å². The third kappa shape index (κ3) is 5.09. The highest BCUT2D eigenvalue weighted by Crippen LogP contribution is 2.43. The molecule has 2 atom stereocenters. The van der Waals surface area contributed by atoms with Crippen molar-refractivity contribution in [3.05, 3.63) is 18.2 Å². The molecule has 30 heavy (non-hydrogen) atoms. The van der Waals surface area contributed by atoms with Crippen LogP contribution in [-0.2, 0) is 14.3 Å². The minimum absolute atomic E-state index is 0.0375. The average Bonchev–Trinajstić information content (AvgIpc) is 3.49. The maximum Gasteiger partial charge on any atom is 0.427 e. The van der Waals surface area contributed by atoms with Crippen LogP contribution in [0, 0.1) is 11.8 Å². The molecule has 0 spiro atoms. The molecule has 166 valence electrons. The van der Waals surface area contributed by atoms with Crippen LogP contribution in [0.4, 0.5) is 29.3 Å². The number of rotatable bonds is 6. The summed E-state index contributed by atoms with van der Waals surface area (Å²) in [5, 5.41) is 5.50. The van der Waals surface area contributed by atoms with Gasteiger partial charge in [0.1, 0.15) is 11.9 Å². The van der Waals surface area contributed by atoms with E-state index in [2.05, 4.69) is 15.4 Å². The SMILES string of the molecule is COC(=O)CC(C1CC1)C1CNc2cc(NC(=O)OC(C)(C)C(F)(F)F)ccc2O1.